The van der Waals surface area contributed by atoms with Crippen molar-refractivity contribution < 1.29 is 9.21 Å². The number of hydrogen-bond acceptors (Lipinski definition) is 3. The van der Waals surface area contributed by atoms with E-state index in [4.69, 9.17) is 4.42 Å². The zero-order valence-electron chi connectivity index (χ0n) is 13.5. The van der Waals surface area contributed by atoms with Gasteiger partial charge < -0.3 is 9.73 Å². The number of hydrogen-bond donors (Lipinski definition) is 1. The Morgan fingerprint density at radius 2 is 1.91 bits per heavy atom. The molecule has 0 bridgehead atoms. The van der Waals surface area contributed by atoms with Gasteiger partial charge in [0.15, 0.2) is 5.76 Å². The van der Waals surface area contributed by atoms with Crippen molar-refractivity contribution in [2.24, 2.45) is 5.92 Å². The van der Waals surface area contributed by atoms with Gasteiger partial charge in [-0.1, -0.05) is 32.0 Å². The first kappa shape index (κ1) is 15.3. The molecule has 2 heterocycles. The molecule has 1 atom stereocenters. The smallest absolute Gasteiger partial charge is 0.252 e. The molecule has 2 aromatic heterocycles. The Labute approximate surface area is 135 Å². The van der Waals surface area contributed by atoms with Crippen molar-refractivity contribution >= 4 is 16.8 Å². The quantitative estimate of drug-likeness (QED) is 0.783. The number of nitrogens with one attached hydrogen (secondary N) is 1. The van der Waals surface area contributed by atoms with Gasteiger partial charge in [-0.3, -0.25) is 4.79 Å². The molecule has 0 aliphatic heterocycles. The van der Waals surface area contributed by atoms with E-state index in [1.165, 1.54) is 0 Å². The van der Waals surface area contributed by atoms with Crippen molar-refractivity contribution in [1.82, 2.24) is 10.3 Å². The van der Waals surface area contributed by atoms with E-state index >= 15 is 0 Å². The number of nitrogens with zero attached hydrogens (tertiary/aromatic N) is 1. The van der Waals surface area contributed by atoms with Crippen LogP contribution in [0.2, 0.25) is 0 Å². The highest BCUT2D eigenvalue weighted by molar-refractivity contribution is 6.07. The Kier molecular flexibility index (Phi) is 4.15. The predicted octanol–water partition coefficient (Wildman–Crippen LogP) is 4.27. The lowest BCUT2D eigenvalue weighted by Gasteiger charge is -2.18. The van der Waals surface area contributed by atoms with Crippen LogP contribution in [0.3, 0.4) is 0 Å². The largest absolute Gasteiger partial charge is 0.463 e. The summed E-state index contributed by atoms with van der Waals surface area (Å²) in [5.74, 6) is 0.941. The van der Waals surface area contributed by atoms with Crippen LogP contribution in [0.15, 0.2) is 53.1 Å². The highest BCUT2D eigenvalue weighted by Crippen LogP contribution is 2.25. The fraction of sp³-hybridized carbons (Fsp3) is 0.263. The summed E-state index contributed by atoms with van der Waals surface area (Å²) in [5.41, 5.74) is 2.06. The minimum absolute atomic E-state index is 0.0855. The highest BCUT2D eigenvalue weighted by atomic mass is 16.3. The van der Waals surface area contributed by atoms with Crippen LogP contribution in [0.25, 0.3) is 22.4 Å². The lowest BCUT2D eigenvalue weighted by atomic mass is 10.0. The normalized spacial score (nSPS) is 12.5. The van der Waals surface area contributed by atoms with Crippen LogP contribution in [-0.2, 0) is 0 Å². The topological polar surface area (TPSA) is 55.1 Å². The van der Waals surface area contributed by atoms with Gasteiger partial charge in [0.2, 0.25) is 0 Å². The van der Waals surface area contributed by atoms with Crippen LogP contribution in [0.1, 0.15) is 31.1 Å². The summed E-state index contributed by atoms with van der Waals surface area (Å²) in [4.78, 5) is 17.3. The monoisotopic (exact) mass is 308 g/mol. The molecule has 0 fully saturated rings. The van der Waals surface area contributed by atoms with Crippen LogP contribution < -0.4 is 5.32 Å². The minimum atomic E-state index is -0.0855. The van der Waals surface area contributed by atoms with Crippen LogP contribution in [0.4, 0.5) is 0 Å². The lowest BCUT2D eigenvalue weighted by Crippen LogP contribution is -2.36. The van der Waals surface area contributed by atoms with Gasteiger partial charge in [-0.15, -0.1) is 0 Å². The molecule has 23 heavy (non-hydrogen) atoms. The fourth-order valence-corrected chi connectivity index (χ4v) is 2.36. The molecule has 1 unspecified atom stereocenters. The maximum absolute atomic E-state index is 12.7. The van der Waals surface area contributed by atoms with Crippen molar-refractivity contribution in [3.63, 3.8) is 0 Å². The SMILES string of the molecule is CC(C)C(C)NC(=O)c1cc(-c2ccco2)nc2ccccc12. The van der Waals surface area contributed by atoms with Gasteiger partial charge in [-0.25, -0.2) is 4.98 Å². The van der Waals surface area contributed by atoms with E-state index in [1.807, 2.05) is 43.3 Å². The van der Waals surface area contributed by atoms with Crippen LogP contribution in [0, 0.1) is 5.92 Å². The molecule has 4 nitrogen and oxygen atoms in total. The highest BCUT2D eigenvalue weighted by Gasteiger charge is 2.17. The van der Waals surface area contributed by atoms with E-state index in [0.717, 1.165) is 10.9 Å². The van der Waals surface area contributed by atoms with Gasteiger partial charge >= 0.3 is 0 Å². The molecule has 0 saturated carbocycles. The summed E-state index contributed by atoms with van der Waals surface area (Å²) >= 11 is 0. The summed E-state index contributed by atoms with van der Waals surface area (Å²) in [7, 11) is 0. The number of carbonyl (C=O) groups excluding carboxylic acids is 1. The van der Waals surface area contributed by atoms with Crippen molar-refractivity contribution in [3.05, 3.63) is 54.3 Å². The fourth-order valence-electron chi connectivity index (χ4n) is 2.36. The van der Waals surface area contributed by atoms with Crippen molar-refractivity contribution in [1.29, 1.82) is 0 Å². The molecule has 1 aromatic carbocycles. The number of carbonyl (C=O) groups is 1. The van der Waals surface area contributed by atoms with Gasteiger partial charge in [0.05, 0.1) is 17.3 Å². The standard InChI is InChI=1S/C19H20N2O2/c1-12(2)13(3)20-19(22)15-11-17(18-9-6-10-23-18)21-16-8-5-4-7-14(15)16/h4-13H,1-3H3,(H,20,22). The van der Waals surface area contributed by atoms with E-state index in [-0.39, 0.29) is 11.9 Å². The summed E-state index contributed by atoms with van der Waals surface area (Å²) in [6, 6.07) is 13.2. The number of aromatic nitrogens is 1. The molecule has 0 saturated heterocycles. The van der Waals surface area contributed by atoms with E-state index in [2.05, 4.69) is 24.1 Å². The van der Waals surface area contributed by atoms with E-state index in [1.54, 1.807) is 12.3 Å². The number of furan rings is 1. The third-order valence-corrected chi connectivity index (χ3v) is 4.09. The molecular weight excluding hydrogens is 288 g/mol. The summed E-state index contributed by atoms with van der Waals surface area (Å²) < 4.78 is 5.43. The number of benzene rings is 1. The Morgan fingerprint density at radius 3 is 2.61 bits per heavy atom. The first-order valence-electron chi connectivity index (χ1n) is 7.81. The van der Waals surface area contributed by atoms with Crippen LogP contribution in [-0.4, -0.2) is 16.9 Å². The Morgan fingerprint density at radius 1 is 1.13 bits per heavy atom. The third kappa shape index (κ3) is 3.11. The molecule has 0 radical (unpaired) electrons. The molecule has 1 amide bonds. The second kappa shape index (κ2) is 6.24. The molecule has 0 aliphatic carbocycles. The Balaban J connectivity index is 2.09. The van der Waals surface area contributed by atoms with Crippen molar-refractivity contribution in [2.45, 2.75) is 26.8 Å². The van der Waals surface area contributed by atoms with E-state index in [9.17, 15) is 4.79 Å². The van der Waals surface area contributed by atoms with Gasteiger partial charge in [-0.05, 0) is 37.1 Å². The van der Waals surface area contributed by atoms with Gasteiger partial charge in [0, 0.05) is 11.4 Å². The number of amides is 1. The molecule has 3 rings (SSSR count). The maximum Gasteiger partial charge on any atom is 0.252 e. The number of para-hydroxylation sites is 1. The minimum Gasteiger partial charge on any atom is -0.463 e. The van der Waals surface area contributed by atoms with E-state index < -0.39 is 0 Å². The lowest BCUT2D eigenvalue weighted by molar-refractivity contribution is 0.0932. The predicted molar refractivity (Wildman–Crippen MR) is 91.2 cm³/mol. The average Bonchev–Trinajstić information content (AvgIpc) is 3.08. The van der Waals surface area contributed by atoms with E-state index in [0.29, 0.717) is 22.9 Å². The molecule has 118 valence electrons. The maximum atomic E-state index is 12.7. The number of pyridine rings is 1. The zero-order valence-corrected chi connectivity index (χ0v) is 13.5. The first-order chi connectivity index (χ1) is 11.1. The molecule has 0 aliphatic rings. The zero-order chi connectivity index (χ0) is 16.4. The van der Waals surface area contributed by atoms with Gasteiger partial charge in [-0.2, -0.15) is 0 Å². The Bertz CT molecular complexity index is 823. The van der Waals surface area contributed by atoms with Crippen molar-refractivity contribution in [2.75, 3.05) is 0 Å². The van der Waals surface area contributed by atoms with Crippen LogP contribution in [0.5, 0.6) is 0 Å². The molecular formula is C19H20N2O2. The second-order valence-corrected chi connectivity index (χ2v) is 6.06. The summed E-state index contributed by atoms with van der Waals surface area (Å²) in [6.07, 6.45) is 1.60. The number of fused-ring (bicyclic) bond motifs is 1. The van der Waals surface area contributed by atoms with Crippen molar-refractivity contribution in [3.8, 4) is 11.5 Å². The van der Waals surface area contributed by atoms with Gasteiger partial charge in [0.25, 0.3) is 5.91 Å². The molecule has 0 spiro atoms. The molecule has 1 N–H and O–H groups in total. The summed E-state index contributed by atoms with van der Waals surface area (Å²) in [6.45, 7) is 6.19. The summed E-state index contributed by atoms with van der Waals surface area (Å²) in [5, 5.41) is 3.91. The van der Waals surface area contributed by atoms with Crippen LogP contribution >= 0.6 is 0 Å². The first-order valence-corrected chi connectivity index (χ1v) is 7.81. The molecule has 4 heteroatoms. The average molecular weight is 308 g/mol. The second-order valence-electron chi connectivity index (χ2n) is 6.06. The third-order valence-electron chi connectivity index (χ3n) is 4.09. The Hall–Kier alpha value is -2.62. The van der Waals surface area contributed by atoms with Gasteiger partial charge in [0.1, 0.15) is 5.69 Å². The number of rotatable bonds is 4. The molecule has 3 aromatic rings.